The lowest BCUT2D eigenvalue weighted by molar-refractivity contribution is -0.105. The molecule has 1 rings (SSSR count). The Morgan fingerprint density at radius 1 is 1.36 bits per heavy atom. The van der Waals surface area contributed by atoms with E-state index in [1.165, 1.54) is 0 Å². The van der Waals surface area contributed by atoms with Gasteiger partial charge >= 0.3 is 6.18 Å². The van der Waals surface area contributed by atoms with Crippen LogP contribution in [-0.4, -0.2) is 21.9 Å². The van der Waals surface area contributed by atoms with Crippen LogP contribution in [0.4, 0.5) is 13.2 Å². The zero-order valence-electron chi connectivity index (χ0n) is 5.86. The largest absolute Gasteiger partial charge is 0.400 e. The topological polar surface area (TPSA) is 17.1 Å². The van der Waals surface area contributed by atoms with Crippen LogP contribution in [0, 0.1) is 5.92 Å². The Morgan fingerprint density at radius 3 is 2.27 bits per heavy atom. The lowest BCUT2D eigenvalue weighted by Crippen LogP contribution is -2.20. The van der Waals surface area contributed by atoms with Crippen LogP contribution in [0.2, 0.25) is 0 Å². The van der Waals surface area contributed by atoms with Gasteiger partial charge in [-0.15, -0.1) is 0 Å². The second-order valence-electron chi connectivity index (χ2n) is 2.81. The van der Waals surface area contributed by atoms with Crippen LogP contribution in [0.5, 0.6) is 0 Å². The summed E-state index contributed by atoms with van der Waals surface area (Å²) in [5.41, 5.74) is 0. The quantitative estimate of drug-likeness (QED) is 0.655. The Hall–Kier alpha value is -0.0600. The van der Waals surface area contributed by atoms with Gasteiger partial charge in [-0.1, -0.05) is 0 Å². The van der Waals surface area contributed by atoms with Crippen LogP contribution in [-0.2, 0) is 10.8 Å². The molecule has 0 aromatic rings. The normalized spacial score (nSPS) is 21.7. The fourth-order valence-electron chi connectivity index (χ4n) is 0.789. The van der Waals surface area contributed by atoms with E-state index in [0.29, 0.717) is 5.92 Å². The highest BCUT2D eigenvalue weighted by atomic mass is 32.2. The van der Waals surface area contributed by atoms with Gasteiger partial charge in [-0.05, 0) is 18.8 Å². The van der Waals surface area contributed by atoms with E-state index in [-0.39, 0.29) is 5.75 Å². The van der Waals surface area contributed by atoms with Gasteiger partial charge in [0.25, 0.3) is 0 Å². The van der Waals surface area contributed by atoms with Crippen molar-refractivity contribution in [3.05, 3.63) is 0 Å². The average Bonchev–Trinajstić information content (AvgIpc) is 2.42. The maximum atomic E-state index is 11.6. The first-order chi connectivity index (χ1) is 4.97. The molecule has 0 radical (unpaired) electrons. The molecule has 66 valence electrons. The zero-order valence-corrected chi connectivity index (χ0v) is 6.67. The van der Waals surface area contributed by atoms with Crippen molar-refractivity contribution in [2.75, 3.05) is 11.5 Å². The van der Waals surface area contributed by atoms with Gasteiger partial charge in [0.2, 0.25) is 0 Å². The molecule has 11 heavy (non-hydrogen) atoms. The highest BCUT2D eigenvalue weighted by molar-refractivity contribution is 7.85. The van der Waals surface area contributed by atoms with E-state index >= 15 is 0 Å². The maximum Gasteiger partial charge on any atom is 0.400 e. The zero-order chi connectivity index (χ0) is 8.48. The van der Waals surface area contributed by atoms with Crippen LogP contribution in [0.15, 0.2) is 0 Å². The first kappa shape index (κ1) is 9.03. The SMILES string of the molecule is O=S(CC1CC1)CC(F)(F)F. The molecule has 0 aliphatic heterocycles. The number of alkyl halides is 3. The van der Waals surface area contributed by atoms with Gasteiger partial charge < -0.3 is 0 Å². The molecule has 0 aromatic heterocycles. The molecular formula is C6H9F3OS. The van der Waals surface area contributed by atoms with E-state index in [1.54, 1.807) is 0 Å². The number of halogens is 3. The Morgan fingerprint density at radius 2 is 1.91 bits per heavy atom. The molecule has 1 aliphatic rings. The summed E-state index contributed by atoms with van der Waals surface area (Å²) in [6.07, 6.45) is -2.37. The van der Waals surface area contributed by atoms with Crippen molar-refractivity contribution in [1.82, 2.24) is 0 Å². The monoisotopic (exact) mass is 186 g/mol. The fourth-order valence-corrected chi connectivity index (χ4v) is 2.13. The molecule has 1 nitrogen and oxygen atoms in total. The molecule has 0 saturated heterocycles. The molecule has 1 unspecified atom stereocenters. The molecule has 1 fully saturated rings. The van der Waals surface area contributed by atoms with Gasteiger partial charge in [0.15, 0.2) is 0 Å². The predicted molar refractivity (Wildman–Crippen MR) is 36.7 cm³/mol. The summed E-state index contributed by atoms with van der Waals surface area (Å²) >= 11 is 0. The number of hydrogen-bond donors (Lipinski definition) is 0. The molecule has 1 atom stereocenters. The van der Waals surface area contributed by atoms with Crippen molar-refractivity contribution >= 4 is 10.8 Å². The first-order valence-electron chi connectivity index (χ1n) is 3.39. The third-order valence-corrected chi connectivity index (χ3v) is 2.94. The van der Waals surface area contributed by atoms with Gasteiger partial charge in [-0.25, -0.2) is 0 Å². The molecule has 0 heterocycles. The molecule has 1 aliphatic carbocycles. The van der Waals surface area contributed by atoms with E-state index in [1.807, 2.05) is 0 Å². The Balaban J connectivity index is 2.19. The van der Waals surface area contributed by atoms with Gasteiger partial charge in [-0.3, -0.25) is 4.21 Å². The van der Waals surface area contributed by atoms with Crippen molar-refractivity contribution < 1.29 is 17.4 Å². The van der Waals surface area contributed by atoms with E-state index in [0.717, 1.165) is 12.8 Å². The van der Waals surface area contributed by atoms with Gasteiger partial charge in [0.05, 0.1) is 0 Å². The summed E-state index contributed by atoms with van der Waals surface area (Å²) in [6.45, 7) is 0. The standard InChI is InChI=1S/C6H9F3OS/c7-6(8,9)4-11(10)3-5-1-2-5/h5H,1-4H2. The van der Waals surface area contributed by atoms with Crippen LogP contribution >= 0.6 is 0 Å². The first-order valence-corrected chi connectivity index (χ1v) is 4.88. The molecule has 0 aromatic carbocycles. The van der Waals surface area contributed by atoms with E-state index in [2.05, 4.69) is 0 Å². The minimum Gasteiger partial charge on any atom is -0.259 e. The van der Waals surface area contributed by atoms with Crippen molar-refractivity contribution in [2.24, 2.45) is 5.92 Å². The highest BCUT2D eigenvalue weighted by Gasteiger charge is 2.33. The minimum atomic E-state index is -4.26. The maximum absolute atomic E-state index is 11.6. The van der Waals surface area contributed by atoms with Gasteiger partial charge in [0.1, 0.15) is 5.75 Å². The van der Waals surface area contributed by atoms with E-state index < -0.39 is 22.7 Å². The number of hydrogen-bond acceptors (Lipinski definition) is 1. The Kier molecular flexibility index (Phi) is 2.57. The van der Waals surface area contributed by atoms with Crippen LogP contribution < -0.4 is 0 Å². The van der Waals surface area contributed by atoms with Crippen molar-refractivity contribution in [3.63, 3.8) is 0 Å². The second kappa shape index (κ2) is 3.13. The van der Waals surface area contributed by atoms with Crippen LogP contribution in [0.1, 0.15) is 12.8 Å². The summed E-state index contributed by atoms with van der Waals surface area (Å²) in [5, 5.41) is 0. The third-order valence-electron chi connectivity index (χ3n) is 1.44. The molecular weight excluding hydrogens is 177 g/mol. The van der Waals surface area contributed by atoms with Crippen LogP contribution in [0.3, 0.4) is 0 Å². The predicted octanol–water partition coefficient (Wildman–Crippen LogP) is 1.71. The summed E-state index contributed by atoms with van der Waals surface area (Å²) < 4.78 is 45.5. The molecule has 0 bridgehead atoms. The lowest BCUT2D eigenvalue weighted by atomic mass is 10.5. The Labute approximate surface area is 65.4 Å². The van der Waals surface area contributed by atoms with E-state index in [4.69, 9.17) is 0 Å². The summed E-state index contributed by atoms with van der Waals surface area (Å²) in [4.78, 5) is 0. The molecule has 0 spiro atoms. The lowest BCUT2D eigenvalue weighted by Gasteiger charge is -2.04. The second-order valence-corrected chi connectivity index (χ2v) is 4.31. The molecule has 1 saturated carbocycles. The summed E-state index contributed by atoms with van der Waals surface area (Å²) in [6, 6.07) is 0. The smallest absolute Gasteiger partial charge is 0.259 e. The Bertz CT molecular complexity index is 162. The molecule has 0 N–H and O–H groups in total. The van der Waals surface area contributed by atoms with Crippen molar-refractivity contribution in [2.45, 2.75) is 19.0 Å². The van der Waals surface area contributed by atoms with E-state index in [9.17, 15) is 17.4 Å². The van der Waals surface area contributed by atoms with Gasteiger partial charge in [-0.2, -0.15) is 13.2 Å². The van der Waals surface area contributed by atoms with Crippen LogP contribution in [0.25, 0.3) is 0 Å². The molecule has 5 heteroatoms. The summed E-state index contributed by atoms with van der Waals surface area (Å²) in [5.74, 6) is -0.596. The minimum absolute atomic E-state index is 0.236. The average molecular weight is 186 g/mol. The van der Waals surface area contributed by atoms with Crippen molar-refractivity contribution in [3.8, 4) is 0 Å². The number of rotatable bonds is 3. The highest BCUT2D eigenvalue weighted by Crippen LogP contribution is 2.30. The van der Waals surface area contributed by atoms with Gasteiger partial charge in [0, 0.05) is 16.6 Å². The fraction of sp³-hybridized carbons (Fsp3) is 1.00. The summed E-state index contributed by atoms with van der Waals surface area (Å²) in [7, 11) is -1.68. The third kappa shape index (κ3) is 4.40. The van der Waals surface area contributed by atoms with Crippen molar-refractivity contribution in [1.29, 1.82) is 0 Å². The molecule has 0 amide bonds.